The Morgan fingerprint density at radius 1 is 0.515 bits per heavy atom. The number of benzene rings is 5. The van der Waals surface area contributed by atoms with E-state index < -0.39 is 61.8 Å². The van der Waals surface area contributed by atoms with Crippen LogP contribution in [-0.4, -0.2) is 76.5 Å². The van der Waals surface area contributed by atoms with Crippen molar-refractivity contribution in [2.75, 3.05) is 26.4 Å². The molecule has 0 amide bonds. The second kappa shape index (κ2) is 21.5. The largest absolute Gasteiger partial charge is 0.507 e. The Balaban J connectivity index is 1.25. The van der Waals surface area contributed by atoms with Gasteiger partial charge in [0, 0.05) is 33.9 Å². The van der Waals surface area contributed by atoms with Gasteiger partial charge in [-0.15, -0.1) is 0 Å². The zero-order valence-electron chi connectivity index (χ0n) is 37.1. The Hall–Kier alpha value is -8.19. The lowest BCUT2D eigenvalue weighted by Crippen LogP contribution is -2.45. The molecule has 13 nitrogen and oxygen atoms in total. The molecule has 1 heterocycles. The second-order valence-corrected chi connectivity index (χ2v) is 15.8. The molecule has 336 valence electrons. The van der Waals surface area contributed by atoms with Crippen molar-refractivity contribution in [2.45, 2.75) is 33.8 Å². The summed E-state index contributed by atoms with van der Waals surface area (Å²) in [4.78, 5) is 65.2. The zero-order chi connectivity index (χ0) is 47.4. The van der Waals surface area contributed by atoms with Gasteiger partial charge in [0.2, 0.25) is 0 Å². The van der Waals surface area contributed by atoms with Crippen molar-refractivity contribution < 1.29 is 48.0 Å². The summed E-state index contributed by atoms with van der Waals surface area (Å²) in [6, 6.07) is 40.1. The van der Waals surface area contributed by atoms with Crippen LogP contribution in [0.15, 0.2) is 164 Å². The van der Waals surface area contributed by atoms with E-state index in [9.17, 15) is 24.3 Å². The fraction of sp³-hybridized carbons (Fsp3) is 0.189. The summed E-state index contributed by atoms with van der Waals surface area (Å²) in [5.74, 6) is -2.39. The first-order valence-electron chi connectivity index (χ1n) is 20.8. The Labute approximate surface area is 383 Å². The van der Waals surface area contributed by atoms with Crippen molar-refractivity contribution in [1.82, 2.24) is 15.0 Å². The lowest BCUT2D eigenvalue weighted by Gasteiger charge is -2.32. The number of esters is 4. The third-order valence-electron chi connectivity index (χ3n) is 10.1. The van der Waals surface area contributed by atoms with Crippen molar-refractivity contribution >= 4 is 23.9 Å². The average molecular weight is 888 g/mol. The normalized spacial score (nSPS) is 11.4. The predicted octanol–water partition coefficient (Wildman–Crippen LogP) is 9.57. The first-order chi connectivity index (χ1) is 31.6. The molecular formula is C53H49N3O10. The van der Waals surface area contributed by atoms with E-state index in [1.54, 1.807) is 12.1 Å². The molecule has 0 aliphatic heterocycles. The van der Waals surface area contributed by atoms with Gasteiger partial charge in [0.15, 0.2) is 23.6 Å². The van der Waals surface area contributed by atoms with Crippen LogP contribution in [0.5, 0.6) is 11.5 Å². The minimum Gasteiger partial charge on any atom is -0.507 e. The molecule has 0 saturated heterocycles. The van der Waals surface area contributed by atoms with E-state index in [0.717, 1.165) is 33.4 Å². The van der Waals surface area contributed by atoms with E-state index in [1.165, 1.54) is 33.8 Å². The summed E-state index contributed by atoms with van der Waals surface area (Å²) in [7, 11) is 0. The number of nitrogens with zero attached hydrogens (tertiary/aromatic N) is 3. The lowest BCUT2D eigenvalue weighted by atomic mass is 9.92. The monoisotopic (exact) mass is 887 g/mol. The summed E-state index contributed by atoms with van der Waals surface area (Å²) in [6.45, 7) is 14.4. The number of aromatic hydroxyl groups is 1. The smallest absolute Gasteiger partial charge is 0.347 e. The van der Waals surface area contributed by atoms with Gasteiger partial charge in [-0.1, -0.05) is 129 Å². The molecule has 0 fully saturated rings. The Morgan fingerprint density at radius 3 is 1.27 bits per heavy atom. The summed E-state index contributed by atoms with van der Waals surface area (Å²) in [5.41, 5.74) is 4.57. The van der Waals surface area contributed by atoms with Crippen molar-refractivity contribution in [3.05, 3.63) is 164 Å². The molecule has 6 aromatic rings. The number of phenols is 1. The molecule has 6 rings (SSSR count). The number of hydrogen-bond donors (Lipinski definition) is 1. The van der Waals surface area contributed by atoms with Gasteiger partial charge in [0.05, 0.1) is 5.56 Å². The van der Waals surface area contributed by atoms with Crippen LogP contribution >= 0.6 is 0 Å². The van der Waals surface area contributed by atoms with E-state index in [1.807, 2.05) is 109 Å². The third kappa shape index (κ3) is 12.3. The number of aromatic nitrogens is 3. The molecule has 1 aromatic heterocycles. The van der Waals surface area contributed by atoms with Gasteiger partial charge in [0.25, 0.3) is 0 Å². The van der Waals surface area contributed by atoms with E-state index >= 15 is 0 Å². The maximum absolute atomic E-state index is 13.5. The van der Waals surface area contributed by atoms with Crippen LogP contribution in [0.1, 0.15) is 27.7 Å². The quantitative estimate of drug-likeness (QED) is 0.0463. The van der Waals surface area contributed by atoms with Crippen LogP contribution in [0, 0.1) is 5.41 Å². The minimum absolute atomic E-state index is 0.0778. The molecule has 0 saturated carbocycles. The van der Waals surface area contributed by atoms with Gasteiger partial charge in [-0.3, -0.25) is 0 Å². The molecule has 0 radical (unpaired) electrons. The molecule has 1 unspecified atom stereocenters. The number of hydrogen-bond acceptors (Lipinski definition) is 13. The summed E-state index contributed by atoms with van der Waals surface area (Å²) in [5, 5.41) is 11.4. The second-order valence-electron chi connectivity index (χ2n) is 15.8. The zero-order valence-corrected chi connectivity index (χ0v) is 37.1. The maximum atomic E-state index is 13.5. The number of ether oxygens (including phenoxy) is 5. The highest BCUT2D eigenvalue weighted by Gasteiger charge is 2.39. The molecular weight excluding hydrogens is 839 g/mol. The molecule has 0 aliphatic rings. The molecule has 0 spiro atoms. The van der Waals surface area contributed by atoms with Gasteiger partial charge in [-0.05, 0) is 62.1 Å². The van der Waals surface area contributed by atoms with Crippen molar-refractivity contribution in [3.8, 4) is 67.9 Å². The Kier molecular flexibility index (Phi) is 15.4. The van der Waals surface area contributed by atoms with Gasteiger partial charge in [-0.25, -0.2) is 34.1 Å². The first kappa shape index (κ1) is 47.3. The highest BCUT2D eigenvalue weighted by atomic mass is 16.6. The van der Waals surface area contributed by atoms with E-state index in [-0.39, 0.29) is 39.6 Å². The van der Waals surface area contributed by atoms with E-state index in [2.05, 4.69) is 19.7 Å². The van der Waals surface area contributed by atoms with Gasteiger partial charge in [-0.2, -0.15) is 0 Å². The molecule has 13 heteroatoms. The van der Waals surface area contributed by atoms with Gasteiger partial charge >= 0.3 is 23.9 Å². The van der Waals surface area contributed by atoms with Crippen molar-refractivity contribution in [1.29, 1.82) is 0 Å². The highest BCUT2D eigenvalue weighted by molar-refractivity contribution is 5.88. The molecule has 0 bridgehead atoms. The highest BCUT2D eigenvalue weighted by Crippen LogP contribution is 2.34. The van der Waals surface area contributed by atoms with Crippen LogP contribution in [0.4, 0.5) is 0 Å². The number of rotatable bonds is 19. The van der Waals surface area contributed by atoms with Gasteiger partial charge < -0.3 is 28.8 Å². The Morgan fingerprint density at radius 2 is 0.879 bits per heavy atom. The average Bonchev–Trinajstić information content (AvgIpc) is 3.33. The fourth-order valence-corrected chi connectivity index (χ4v) is 6.28. The van der Waals surface area contributed by atoms with Gasteiger partial charge in [0.1, 0.15) is 43.3 Å². The lowest BCUT2D eigenvalue weighted by molar-refractivity contribution is -0.170. The summed E-state index contributed by atoms with van der Waals surface area (Å²) in [6.07, 6.45) is -1.25. The van der Waals surface area contributed by atoms with E-state index in [0.29, 0.717) is 11.6 Å². The van der Waals surface area contributed by atoms with Crippen LogP contribution in [-0.2, 0) is 38.1 Å². The van der Waals surface area contributed by atoms with Crippen LogP contribution in [0.25, 0.3) is 56.4 Å². The first-order valence-corrected chi connectivity index (χ1v) is 20.8. The fourth-order valence-electron chi connectivity index (χ4n) is 6.28. The SMILES string of the molecule is C=C(C)C(=O)OCC(COC(=O)C(=C)C)(COC(=O)C(=C)C)COC(=O)C(C)Oc1ccc(-c2nc(-c3ccc(-c4ccccc4)cc3)nc(-c3ccc(-c4ccccc4)cc3)n2)c(O)c1. The van der Waals surface area contributed by atoms with E-state index in [4.69, 9.17) is 38.6 Å². The molecule has 66 heavy (non-hydrogen) atoms. The number of carbonyl (C=O) groups is 4. The van der Waals surface area contributed by atoms with Crippen molar-refractivity contribution in [3.63, 3.8) is 0 Å². The van der Waals surface area contributed by atoms with Crippen molar-refractivity contribution in [2.24, 2.45) is 5.41 Å². The van der Waals surface area contributed by atoms with Crippen LogP contribution in [0.2, 0.25) is 0 Å². The van der Waals surface area contributed by atoms with Crippen LogP contribution in [0.3, 0.4) is 0 Å². The third-order valence-corrected chi connectivity index (χ3v) is 10.1. The molecule has 1 atom stereocenters. The predicted molar refractivity (Wildman–Crippen MR) is 249 cm³/mol. The molecule has 5 aromatic carbocycles. The maximum Gasteiger partial charge on any atom is 0.347 e. The summed E-state index contributed by atoms with van der Waals surface area (Å²) < 4.78 is 27.7. The van der Waals surface area contributed by atoms with Crippen LogP contribution < -0.4 is 4.74 Å². The number of carbonyl (C=O) groups excluding carboxylic acids is 4. The topological polar surface area (TPSA) is 173 Å². The number of phenolic OH excluding ortho intramolecular Hbond substituents is 1. The minimum atomic E-state index is -1.56. The standard InChI is InChI=1S/C53H49N3O10/c1-33(2)49(58)62-29-53(30-63-50(59)34(3)4,31-64-51(60)35(5)6)32-65-52(61)36(7)66-43-26-27-44(45(57)28-43)48-55-46(41-22-18-39(19-23-41)37-14-10-8-11-15-37)54-47(56-48)42-24-20-40(21-25-42)38-16-12-9-13-17-38/h8-28,36,57H,1,3,5,29-32H2,2,4,6-7H3. The summed E-state index contributed by atoms with van der Waals surface area (Å²) >= 11 is 0. The molecule has 0 aliphatic carbocycles. The molecule has 1 N–H and O–H groups in total. The Bertz CT molecular complexity index is 2580.